The van der Waals surface area contributed by atoms with Crippen LogP contribution in [0.5, 0.6) is 0 Å². The van der Waals surface area contributed by atoms with E-state index in [9.17, 15) is 4.79 Å². The number of anilines is 1. The van der Waals surface area contributed by atoms with Gasteiger partial charge in [0.25, 0.3) is 0 Å². The molecule has 0 radical (unpaired) electrons. The smallest absolute Gasteiger partial charge is 0.239 e. The molecule has 1 aromatic rings. The van der Waals surface area contributed by atoms with E-state index >= 15 is 0 Å². The molecule has 0 unspecified atom stereocenters. The summed E-state index contributed by atoms with van der Waals surface area (Å²) in [7, 11) is 0. The molecule has 1 aliphatic heterocycles. The summed E-state index contributed by atoms with van der Waals surface area (Å²) in [6, 6.07) is 7.60. The summed E-state index contributed by atoms with van der Waals surface area (Å²) in [4.78, 5) is 11.8. The first kappa shape index (κ1) is 13.5. The van der Waals surface area contributed by atoms with Gasteiger partial charge in [-0.15, -0.1) is 0 Å². The number of hydrogen-bond donors (Lipinski definition) is 2. The van der Waals surface area contributed by atoms with Crippen LogP contribution in [0, 0.1) is 0 Å². The Morgan fingerprint density at radius 2 is 2.06 bits per heavy atom. The Balaban J connectivity index is 1.74. The molecule has 1 aromatic carbocycles. The molecule has 4 nitrogen and oxygen atoms in total. The van der Waals surface area contributed by atoms with Gasteiger partial charge in [0.1, 0.15) is 0 Å². The topological polar surface area (TPSA) is 44.4 Å². The minimum atomic E-state index is -0.0151. The molecule has 1 amide bonds. The van der Waals surface area contributed by atoms with Crippen LogP contribution in [-0.4, -0.2) is 30.6 Å². The summed E-state index contributed by atoms with van der Waals surface area (Å²) in [6.45, 7) is 2.39. The van der Waals surface area contributed by atoms with Gasteiger partial charge in [-0.25, -0.2) is 10.4 Å². The zero-order chi connectivity index (χ0) is 12.8. The van der Waals surface area contributed by atoms with Crippen LogP contribution in [0.1, 0.15) is 19.3 Å². The average Bonchev–Trinajstić information content (AvgIpc) is 2.38. The van der Waals surface area contributed by atoms with Crippen molar-refractivity contribution in [1.29, 1.82) is 0 Å². The van der Waals surface area contributed by atoms with E-state index in [0.29, 0.717) is 6.54 Å². The van der Waals surface area contributed by atoms with Crippen LogP contribution < -0.4 is 10.7 Å². The maximum atomic E-state index is 11.8. The van der Waals surface area contributed by atoms with E-state index in [2.05, 4.69) is 31.7 Å². The molecule has 0 aromatic heterocycles. The molecule has 0 bridgehead atoms. The number of nitrogens with zero attached hydrogens (tertiary/aromatic N) is 1. The number of halogens is 1. The van der Waals surface area contributed by atoms with Crippen LogP contribution in [0.2, 0.25) is 0 Å². The number of rotatable bonds is 4. The highest BCUT2D eigenvalue weighted by molar-refractivity contribution is 9.10. The Morgan fingerprint density at radius 1 is 1.28 bits per heavy atom. The molecule has 5 heteroatoms. The highest BCUT2D eigenvalue weighted by Crippen LogP contribution is 2.15. The van der Waals surface area contributed by atoms with Crippen molar-refractivity contribution in [2.45, 2.75) is 19.3 Å². The maximum absolute atomic E-state index is 11.8. The number of amides is 1. The van der Waals surface area contributed by atoms with Crippen molar-refractivity contribution in [3.05, 3.63) is 28.7 Å². The standard InChI is InChI=1S/C13H18BrN3O/c14-11-5-4-6-12(9-11)16-13(18)10-15-17-7-2-1-3-8-17/h4-6,9,15H,1-3,7-8,10H2,(H,16,18). The zero-order valence-electron chi connectivity index (χ0n) is 10.3. The van der Waals surface area contributed by atoms with E-state index < -0.39 is 0 Å². The van der Waals surface area contributed by atoms with Gasteiger partial charge in [-0.3, -0.25) is 4.79 Å². The number of hydrogen-bond acceptors (Lipinski definition) is 3. The first-order chi connectivity index (χ1) is 8.74. The predicted molar refractivity (Wildman–Crippen MR) is 76.2 cm³/mol. The van der Waals surface area contributed by atoms with Gasteiger partial charge in [-0.2, -0.15) is 0 Å². The van der Waals surface area contributed by atoms with Crippen molar-refractivity contribution < 1.29 is 4.79 Å². The first-order valence-corrected chi connectivity index (χ1v) is 7.07. The lowest BCUT2D eigenvalue weighted by molar-refractivity contribution is -0.116. The molecular formula is C13H18BrN3O. The van der Waals surface area contributed by atoms with E-state index in [0.717, 1.165) is 23.2 Å². The number of hydrazine groups is 1. The van der Waals surface area contributed by atoms with Crippen LogP contribution >= 0.6 is 15.9 Å². The van der Waals surface area contributed by atoms with Gasteiger partial charge in [0.05, 0.1) is 6.54 Å². The third-order valence-electron chi connectivity index (χ3n) is 2.93. The Kier molecular flexibility index (Phi) is 5.16. The quantitative estimate of drug-likeness (QED) is 0.897. The predicted octanol–water partition coefficient (Wildman–Crippen LogP) is 2.38. The fourth-order valence-corrected chi connectivity index (χ4v) is 2.41. The SMILES string of the molecule is O=C(CNN1CCCCC1)Nc1cccc(Br)c1. The number of benzene rings is 1. The Morgan fingerprint density at radius 3 is 2.78 bits per heavy atom. The van der Waals surface area contributed by atoms with E-state index in [1.807, 2.05) is 24.3 Å². The summed E-state index contributed by atoms with van der Waals surface area (Å²) < 4.78 is 0.962. The van der Waals surface area contributed by atoms with Gasteiger partial charge in [-0.1, -0.05) is 28.4 Å². The molecule has 2 rings (SSSR count). The van der Waals surface area contributed by atoms with E-state index in [4.69, 9.17) is 0 Å². The van der Waals surface area contributed by atoms with Gasteiger partial charge in [0.15, 0.2) is 0 Å². The molecule has 1 fully saturated rings. The zero-order valence-corrected chi connectivity index (χ0v) is 11.9. The number of nitrogens with one attached hydrogen (secondary N) is 2. The Labute approximate surface area is 116 Å². The summed E-state index contributed by atoms with van der Waals surface area (Å²) in [5, 5.41) is 4.99. The van der Waals surface area contributed by atoms with Crippen molar-refractivity contribution in [1.82, 2.24) is 10.4 Å². The molecule has 1 heterocycles. The lowest BCUT2D eigenvalue weighted by Crippen LogP contribution is -2.45. The normalized spacial score (nSPS) is 16.5. The second-order valence-electron chi connectivity index (χ2n) is 4.44. The second kappa shape index (κ2) is 6.87. The third kappa shape index (κ3) is 4.40. The monoisotopic (exact) mass is 311 g/mol. The molecular weight excluding hydrogens is 294 g/mol. The van der Waals surface area contributed by atoms with Gasteiger partial charge in [0.2, 0.25) is 5.91 Å². The first-order valence-electron chi connectivity index (χ1n) is 6.28. The summed E-state index contributed by atoms with van der Waals surface area (Å²) in [5.74, 6) is -0.0151. The molecule has 0 aliphatic carbocycles. The molecule has 18 heavy (non-hydrogen) atoms. The van der Waals surface area contributed by atoms with Crippen molar-refractivity contribution in [2.75, 3.05) is 25.0 Å². The van der Waals surface area contributed by atoms with Crippen molar-refractivity contribution in [3.63, 3.8) is 0 Å². The van der Waals surface area contributed by atoms with Gasteiger partial charge >= 0.3 is 0 Å². The maximum Gasteiger partial charge on any atom is 0.239 e. The minimum Gasteiger partial charge on any atom is -0.325 e. The van der Waals surface area contributed by atoms with Gasteiger partial charge < -0.3 is 5.32 Å². The van der Waals surface area contributed by atoms with Crippen molar-refractivity contribution in [3.8, 4) is 0 Å². The highest BCUT2D eigenvalue weighted by atomic mass is 79.9. The van der Waals surface area contributed by atoms with Crippen molar-refractivity contribution in [2.24, 2.45) is 0 Å². The number of carbonyl (C=O) groups excluding carboxylic acids is 1. The van der Waals surface area contributed by atoms with Crippen LogP contribution in [0.15, 0.2) is 28.7 Å². The van der Waals surface area contributed by atoms with Crippen LogP contribution in [0.3, 0.4) is 0 Å². The molecule has 1 saturated heterocycles. The minimum absolute atomic E-state index is 0.0151. The van der Waals surface area contributed by atoms with E-state index in [1.165, 1.54) is 19.3 Å². The van der Waals surface area contributed by atoms with Crippen LogP contribution in [-0.2, 0) is 4.79 Å². The largest absolute Gasteiger partial charge is 0.325 e. The van der Waals surface area contributed by atoms with Gasteiger partial charge in [-0.05, 0) is 31.0 Å². The number of carbonyl (C=O) groups is 1. The molecule has 0 atom stereocenters. The molecule has 2 N–H and O–H groups in total. The second-order valence-corrected chi connectivity index (χ2v) is 5.36. The molecule has 1 aliphatic rings. The summed E-state index contributed by atoms with van der Waals surface area (Å²) >= 11 is 3.38. The summed E-state index contributed by atoms with van der Waals surface area (Å²) in [6.07, 6.45) is 3.71. The highest BCUT2D eigenvalue weighted by Gasteiger charge is 2.10. The average molecular weight is 312 g/mol. The number of piperidine rings is 1. The van der Waals surface area contributed by atoms with Crippen molar-refractivity contribution >= 4 is 27.5 Å². The third-order valence-corrected chi connectivity index (χ3v) is 3.42. The van der Waals surface area contributed by atoms with Crippen LogP contribution in [0.25, 0.3) is 0 Å². The fourth-order valence-electron chi connectivity index (χ4n) is 2.01. The van der Waals surface area contributed by atoms with E-state index in [-0.39, 0.29) is 5.91 Å². The Hall–Kier alpha value is -0.910. The Bertz CT molecular complexity index is 405. The molecule has 0 spiro atoms. The lowest BCUT2D eigenvalue weighted by atomic mass is 10.2. The molecule has 98 valence electrons. The van der Waals surface area contributed by atoms with E-state index in [1.54, 1.807) is 0 Å². The summed E-state index contributed by atoms with van der Waals surface area (Å²) in [5.41, 5.74) is 3.98. The lowest BCUT2D eigenvalue weighted by Gasteiger charge is -2.26. The van der Waals surface area contributed by atoms with Gasteiger partial charge in [0, 0.05) is 23.2 Å². The van der Waals surface area contributed by atoms with Crippen LogP contribution in [0.4, 0.5) is 5.69 Å². The fraction of sp³-hybridized carbons (Fsp3) is 0.462. The molecule has 0 saturated carbocycles.